The third-order valence-electron chi connectivity index (χ3n) is 2.32. The van der Waals surface area contributed by atoms with Crippen LogP contribution in [0.25, 0.3) is 11.3 Å². The van der Waals surface area contributed by atoms with Crippen LogP contribution in [0.15, 0.2) is 17.0 Å². The van der Waals surface area contributed by atoms with E-state index in [0.29, 0.717) is 27.0 Å². The summed E-state index contributed by atoms with van der Waals surface area (Å²) in [7, 11) is 0. The highest BCUT2D eigenvalue weighted by Crippen LogP contribution is 2.45. The fourth-order valence-corrected chi connectivity index (χ4v) is 3.67. The molecule has 0 radical (unpaired) electrons. The Balaban J connectivity index is 2.30. The number of nitrogens with zero attached hydrogens (tertiary/aromatic N) is 1. The lowest BCUT2D eigenvalue weighted by atomic mass is 10.1. The van der Waals surface area contributed by atoms with E-state index in [-0.39, 0.29) is 0 Å². The van der Waals surface area contributed by atoms with Gasteiger partial charge in [-0.3, -0.25) is 0 Å². The summed E-state index contributed by atoms with van der Waals surface area (Å²) in [6.07, 6.45) is 0. The maximum absolute atomic E-state index is 13.5. The van der Waals surface area contributed by atoms with E-state index in [2.05, 4.69) is 4.98 Å². The van der Waals surface area contributed by atoms with Crippen LogP contribution in [0.5, 0.6) is 0 Å². The first kappa shape index (κ1) is 10.0. The summed E-state index contributed by atoms with van der Waals surface area (Å²) < 4.78 is 26.7. The van der Waals surface area contributed by atoms with Gasteiger partial charge in [0.15, 0.2) is 5.13 Å². The van der Waals surface area contributed by atoms with Gasteiger partial charge >= 0.3 is 0 Å². The Kier molecular flexibility index (Phi) is 2.15. The number of benzene rings is 1. The molecule has 0 aliphatic carbocycles. The minimum absolute atomic E-state index is 0.433. The van der Waals surface area contributed by atoms with E-state index < -0.39 is 11.6 Å². The van der Waals surface area contributed by atoms with Crippen LogP contribution in [0, 0.1) is 11.6 Å². The Morgan fingerprint density at radius 1 is 1.31 bits per heavy atom. The number of nitrogens with two attached hydrogens (primary N) is 1. The third kappa shape index (κ3) is 1.41. The summed E-state index contributed by atoms with van der Waals surface area (Å²) in [4.78, 5) is 5.55. The average Bonchev–Trinajstić information content (AvgIpc) is 2.58. The monoisotopic (exact) mass is 256 g/mol. The number of rotatable bonds is 0. The van der Waals surface area contributed by atoms with Crippen LogP contribution in [0.1, 0.15) is 4.88 Å². The van der Waals surface area contributed by atoms with Gasteiger partial charge in [0.2, 0.25) is 0 Å². The van der Waals surface area contributed by atoms with E-state index >= 15 is 0 Å². The molecular weight excluding hydrogens is 250 g/mol. The number of aromatic nitrogens is 1. The van der Waals surface area contributed by atoms with Crippen molar-refractivity contribution < 1.29 is 8.78 Å². The number of nitrogen functional groups attached to an aromatic ring is 1. The lowest BCUT2D eigenvalue weighted by Gasteiger charge is -2.14. The Morgan fingerprint density at radius 3 is 2.94 bits per heavy atom. The van der Waals surface area contributed by atoms with Crippen molar-refractivity contribution in [2.75, 3.05) is 5.73 Å². The maximum Gasteiger partial charge on any atom is 0.180 e. The van der Waals surface area contributed by atoms with Gasteiger partial charge in [0.1, 0.15) is 11.6 Å². The molecule has 6 heteroatoms. The second-order valence-electron chi connectivity index (χ2n) is 3.38. The highest BCUT2D eigenvalue weighted by Gasteiger charge is 2.24. The molecule has 0 saturated heterocycles. The first-order valence-corrected chi connectivity index (χ1v) is 6.33. The first-order chi connectivity index (χ1) is 7.65. The molecule has 2 aromatic rings. The summed E-state index contributed by atoms with van der Waals surface area (Å²) in [5.41, 5.74) is 6.73. The van der Waals surface area contributed by atoms with Crippen LogP contribution in [0.4, 0.5) is 13.9 Å². The normalized spacial score (nSPS) is 13.4. The average molecular weight is 256 g/mol. The van der Waals surface area contributed by atoms with Crippen LogP contribution < -0.4 is 5.73 Å². The van der Waals surface area contributed by atoms with Crippen molar-refractivity contribution in [1.82, 2.24) is 4.98 Å². The van der Waals surface area contributed by atoms with E-state index in [4.69, 9.17) is 5.73 Å². The zero-order valence-electron chi connectivity index (χ0n) is 7.96. The van der Waals surface area contributed by atoms with E-state index in [1.165, 1.54) is 29.2 Å². The van der Waals surface area contributed by atoms with Crippen molar-refractivity contribution in [2.45, 2.75) is 10.6 Å². The molecule has 2 heterocycles. The van der Waals surface area contributed by atoms with Crippen LogP contribution in [0.3, 0.4) is 0 Å². The van der Waals surface area contributed by atoms with E-state index in [1.807, 2.05) is 0 Å². The molecule has 0 saturated carbocycles. The molecule has 82 valence electrons. The molecule has 0 bridgehead atoms. The number of fused-ring (bicyclic) bond motifs is 3. The molecule has 1 aliphatic rings. The number of hydrogen-bond donors (Lipinski definition) is 1. The Labute approximate surface area is 98.5 Å². The van der Waals surface area contributed by atoms with Crippen molar-refractivity contribution in [3.05, 3.63) is 28.6 Å². The van der Waals surface area contributed by atoms with Crippen molar-refractivity contribution >= 4 is 28.2 Å². The summed E-state index contributed by atoms with van der Waals surface area (Å²) in [5.74, 6) is -0.478. The molecule has 1 aliphatic heterocycles. The second-order valence-corrected chi connectivity index (χ2v) is 5.48. The van der Waals surface area contributed by atoms with Gasteiger partial charge in [-0.25, -0.2) is 13.8 Å². The molecule has 3 rings (SSSR count). The third-order valence-corrected chi connectivity index (χ3v) is 4.53. The molecule has 1 aromatic heterocycles. The molecule has 2 N–H and O–H groups in total. The highest BCUT2D eigenvalue weighted by molar-refractivity contribution is 7.98. The molecule has 0 spiro atoms. The standard InChI is InChI=1S/C10H6F2N2S2/c11-4-1-5-8-7(16-10(13)14-8)3-15-9(5)6(12)2-4/h1-2H,3H2,(H2,13,14). The second kappa shape index (κ2) is 3.43. The summed E-state index contributed by atoms with van der Waals surface area (Å²) in [6.45, 7) is 0. The van der Waals surface area contributed by atoms with Gasteiger partial charge in [-0.15, -0.1) is 23.1 Å². The van der Waals surface area contributed by atoms with Gasteiger partial charge in [0, 0.05) is 22.3 Å². The molecule has 0 atom stereocenters. The molecule has 0 fully saturated rings. The number of anilines is 1. The predicted molar refractivity (Wildman–Crippen MR) is 61.4 cm³/mol. The SMILES string of the molecule is Nc1nc2c(s1)CSc1c(F)cc(F)cc1-2. The quantitative estimate of drug-likeness (QED) is 0.786. The van der Waals surface area contributed by atoms with E-state index in [0.717, 1.165) is 10.9 Å². The fraction of sp³-hybridized carbons (Fsp3) is 0.100. The lowest BCUT2D eigenvalue weighted by molar-refractivity contribution is 0.566. The van der Waals surface area contributed by atoms with Crippen molar-refractivity contribution in [1.29, 1.82) is 0 Å². The smallest absolute Gasteiger partial charge is 0.180 e. The van der Waals surface area contributed by atoms with E-state index in [1.54, 1.807) is 0 Å². The van der Waals surface area contributed by atoms with Crippen LogP contribution in [-0.2, 0) is 5.75 Å². The van der Waals surface area contributed by atoms with Crippen LogP contribution >= 0.6 is 23.1 Å². The van der Waals surface area contributed by atoms with Gasteiger partial charge in [-0.2, -0.15) is 0 Å². The minimum Gasteiger partial charge on any atom is -0.375 e. The zero-order chi connectivity index (χ0) is 11.3. The molecule has 0 amide bonds. The Morgan fingerprint density at radius 2 is 2.12 bits per heavy atom. The van der Waals surface area contributed by atoms with Crippen molar-refractivity contribution in [3.63, 3.8) is 0 Å². The van der Waals surface area contributed by atoms with Gasteiger partial charge in [-0.1, -0.05) is 0 Å². The van der Waals surface area contributed by atoms with Crippen LogP contribution in [0.2, 0.25) is 0 Å². The largest absolute Gasteiger partial charge is 0.375 e. The molecule has 16 heavy (non-hydrogen) atoms. The van der Waals surface area contributed by atoms with Crippen molar-refractivity contribution in [3.8, 4) is 11.3 Å². The van der Waals surface area contributed by atoms with E-state index in [9.17, 15) is 8.78 Å². The first-order valence-electron chi connectivity index (χ1n) is 4.52. The molecule has 0 unspecified atom stereocenters. The fourth-order valence-electron chi connectivity index (χ4n) is 1.70. The van der Waals surface area contributed by atoms with Crippen LogP contribution in [-0.4, -0.2) is 4.98 Å². The molecule has 1 aromatic carbocycles. The summed E-state index contributed by atoms with van der Waals surface area (Å²) in [5, 5.41) is 0.433. The van der Waals surface area contributed by atoms with Gasteiger partial charge in [0.25, 0.3) is 0 Å². The Bertz CT molecular complexity index is 580. The minimum atomic E-state index is -0.587. The maximum atomic E-state index is 13.5. The Hall–Kier alpha value is -1.14. The molecule has 2 nitrogen and oxygen atoms in total. The number of halogens is 2. The zero-order valence-corrected chi connectivity index (χ0v) is 9.59. The lowest BCUT2D eigenvalue weighted by Crippen LogP contribution is -1.97. The summed E-state index contributed by atoms with van der Waals surface area (Å²) >= 11 is 2.72. The van der Waals surface area contributed by atoms with Gasteiger partial charge in [-0.05, 0) is 6.07 Å². The highest BCUT2D eigenvalue weighted by atomic mass is 32.2. The summed E-state index contributed by atoms with van der Waals surface area (Å²) in [6, 6.07) is 2.20. The number of thioether (sulfide) groups is 1. The van der Waals surface area contributed by atoms with Crippen molar-refractivity contribution in [2.24, 2.45) is 0 Å². The van der Waals surface area contributed by atoms with Gasteiger partial charge in [0.05, 0.1) is 10.6 Å². The van der Waals surface area contributed by atoms with Gasteiger partial charge < -0.3 is 5.73 Å². The number of hydrogen-bond acceptors (Lipinski definition) is 4. The predicted octanol–water partition coefficient (Wildman–Crippen LogP) is 3.28. The molecular formula is C10H6F2N2S2. The number of thiazole rings is 1. The topological polar surface area (TPSA) is 38.9 Å².